The molecule has 1 saturated heterocycles. The predicted octanol–water partition coefficient (Wildman–Crippen LogP) is 3.77. The molecule has 0 bridgehead atoms. The monoisotopic (exact) mass is 381 g/mol. The van der Waals surface area contributed by atoms with E-state index in [0.717, 1.165) is 5.56 Å². The average Bonchev–Trinajstić information content (AvgIpc) is 2.98. The molecule has 2 aromatic rings. The molecule has 1 unspecified atom stereocenters. The second-order valence-electron chi connectivity index (χ2n) is 5.97. The smallest absolute Gasteiger partial charge is 0.417 e. The van der Waals surface area contributed by atoms with Gasteiger partial charge < -0.3 is 10.1 Å². The Kier molecular flexibility index (Phi) is 5.24. The quantitative estimate of drug-likeness (QED) is 0.848. The SMILES string of the molecule is CC(C)C1COC(=O)N1c1ncnc(NCc2ccc(Cl)c(Cl)c2)n1. The van der Waals surface area contributed by atoms with Crippen LogP contribution in [0.2, 0.25) is 10.0 Å². The molecule has 1 atom stereocenters. The summed E-state index contributed by atoms with van der Waals surface area (Å²) >= 11 is 11.9. The lowest BCUT2D eigenvalue weighted by Crippen LogP contribution is -2.38. The number of hydrogen-bond donors (Lipinski definition) is 1. The number of anilines is 2. The number of carbonyl (C=O) groups excluding carboxylic acids is 1. The minimum atomic E-state index is -0.444. The maximum Gasteiger partial charge on any atom is 0.417 e. The molecule has 0 aliphatic carbocycles. The lowest BCUT2D eigenvalue weighted by atomic mass is 10.1. The summed E-state index contributed by atoms with van der Waals surface area (Å²) < 4.78 is 5.13. The van der Waals surface area contributed by atoms with E-state index in [2.05, 4.69) is 20.3 Å². The number of amides is 1. The van der Waals surface area contributed by atoms with Crippen LogP contribution in [0.3, 0.4) is 0 Å². The summed E-state index contributed by atoms with van der Waals surface area (Å²) in [6.07, 6.45) is 0.919. The maximum atomic E-state index is 12.0. The zero-order chi connectivity index (χ0) is 18.0. The van der Waals surface area contributed by atoms with Crippen molar-refractivity contribution in [3.63, 3.8) is 0 Å². The van der Waals surface area contributed by atoms with Crippen molar-refractivity contribution in [2.24, 2.45) is 5.92 Å². The van der Waals surface area contributed by atoms with Crippen molar-refractivity contribution in [3.8, 4) is 0 Å². The van der Waals surface area contributed by atoms with Crippen LogP contribution in [0.5, 0.6) is 0 Å². The van der Waals surface area contributed by atoms with Crippen LogP contribution >= 0.6 is 23.2 Å². The zero-order valence-corrected chi connectivity index (χ0v) is 15.3. The third-order valence-electron chi connectivity index (χ3n) is 3.88. The van der Waals surface area contributed by atoms with E-state index in [-0.39, 0.29) is 17.9 Å². The standard InChI is InChI=1S/C16H17Cl2N5O2/c1-9(2)13-7-25-16(24)23(13)15-21-8-20-14(22-15)19-6-10-3-4-11(17)12(18)5-10/h3-5,8-9,13H,6-7H2,1-2H3,(H,19,20,21,22). The molecule has 0 saturated carbocycles. The van der Waals surface area contributed by atoms with Gasteiger partial charge in [0.2, 0.25) is 11.9 Å². The lowest BCUT2D eigenvalue weighted by Gasteiger charge is -2.22. The Bertz CT molecular complexity index is 787. The van der Waals surface area contributed by atoms with Gasteiger partial charge in [-0.25, -0.2) is 19.7 Å². The van der Waals surface area contributed by atoms with E-state index < -0.39 is 6.09 Å². The van der Waals surface area contributed by atoms with Gasteiger partial charge in [0.05, 0.1) is 16.1 Å². The summed E-state index contributed by atoms with van der Waals surface area (Å²) in [7, 11) is 0. The summed E-state index contributed by atoms with van der Waals surface area (Å²) in [5, 5.41) is 4.07. The lowest BCUT2D eigenvalue weighted by molar-refractivity contribution is 0.177. The second kappa shape index (κ2) is 7.41. The summed E-state index contributed by atoms with van der Waals surface area (Å²) in [5.41, 5.74) is 0.928. The topological polar surface area (TPSA) is 80.2 Å². The van der Waals surface area contributed by atoms with Crippen LogP contribution in [-0.2, 0) is 11.3 Å². The molecule has 1 aliphatic rings. The fourth-order valence-electron chi connectivity index (χ4n) is 2.48. The van der Waals surface area contributed by atoms with E-state index in [9.17, 15) is 4.79 Å². The van der Waals surface area contributed by atoms with Crippen LogP contribution < -0.4 is 10.2 Å². The van der Waals surface area contributed by atoms with Crippen molar-refractivity contribution >= 4 is 41.2 Å². The first-order chi connectivity index (χ1) is 12.0. The Labute approximate surface area is 155 Å². The fourth-order valence-corrected chi connectivity index (χ4v) is 2.80. The van der Waals surface area contributed by atoms with Gasteiger partial charge in [-0.05, 0) is 23.6 Å². The van der Waals surface area contributed by atoms with E-state index in [1.165, 1.54) is 11.2 Å². The minimum absolute atomic E-state index is 0.0992. The predicted molar refractivity (Wildman–Crippen MR) is 96.1 cm³/mol. The van der Waals surface area contributed by atoms with E-state index in [1.807, 2.05) is 19.9 Å². The average molecular weight is 382 g/mol. The Hall–Kier alpha value is -2.12. The summed E-state index contributed by atoms with van der Waals surface area (Å²) in [5.74, 6) is 0.849. The number of rotatable bonds is 5. The Morgan fingerprint density at radius 3 is 2.84 bits per heavy atom. The maximum absolute atomic E-state index is 12.0. The molecule has 0 spiro atoms. The molecule has 3 rings (SSSR count). The molecule has 1 amide bonds. The van der Waals surface area contributed by atoms with Crippen LogP contribution in [0.1, 0.15) is 19.4 Å². The van der Waals surface area contributed by atoms with Gasteiger partial charge >= 0.3 is 6.09 Å². The third kappa shape index (κ3) is 3.93. The highest BCUT2D eigenvalue weighted by molar-refractivity contribution is 6.42. The highest BCUT2D eigenvalue weighted by atomic mass is 35.5. The minimum Gasteiger partial charge on any atom is -0.447 e. The van der Waals surface area contributed by atoms with E-state index >= 15 is 0 Å². The molecule has 1 aromatic carbocycles. The number of aromatic nitrogens is 3. The van der Waals surface area contributed by atoms with Gasteiger partial charge in [-0.2, -0.15) is 4.98 Å². The van der Waals surface area contributed by atoms with Gasteiger partial charge in [0.25, 0.3) is 0 Å². The van der Waals surface area contributed by atoms with Crippen LogP contribution in [-0.4, -0.2) is 33.7 Å². The van der Waals surface area contributed by atoms with E-state index in [4.69, 9.17) is 27.9 Å². The van der Waals surface area contributed by atoms with Crippen molar-refractivity contribution in [3.05, 3.63) is 40.1 Å². The first kappa shape index (κ1) is 17.7. The summed E-state index contributed by atoms with van der Waals surface area (Å²) in [6.45, 7) is 4.82. The number of carbonyl (C=O) groups is 1. The molecule has 7 nitrogen and oxygen atoms in total. The van der Waals surface area contributed by atoms with E-state index in [0.29, 0.717) is 29.1 Å². The first-order valence-electron chi connectivity index (χ1n) is 7.78. The molecule has 1 aliphatic heterocycles. The van der Waals surface area contributed by atoms with Gasteiger partial charge in [0.1, 0.15) is 12.9 Å². The van der Waals surface area contributed by atoms with Crippen molar-refractivity contribution in [1.82, 2.24) is 15.0 Å². The Morgan fingerprint density at radius 2 is 2.12 bits per heavy atom. The van der Waals surface area contributed by atoms with Gasteiger partial charge in [-0.15, -0.1) is 0 Å². The number of ether oxygens (including phenoxy) is 1. The molecule has 1 fully saturated rings. The third-order valence-corrected chi connectivity index (χ3v) is 4.62. The summed E-state index contributed by atoms with van der Waals surface area (Å²) in [4.78, 5) is 26.0. The van der Waals surface area contributed by atoms with Gasteiger partial charge in [0, 0.05) is 6.54 Å². The molecular weight excluding hydrogens is 365 g/mol. The van der Waals surface area contributed by atoms with Gasteiger partial charge in [-0.3, -0.25) is 0 Å². The van der Waals surface area contributed by atoms with Crippen LogP contribution in [0.4, 0.5) is 16.7 Å². The Morgan fingerprint density at radius 1 is 1.32 bits per heavy atom. The van der Waals surface area contributed by atoms with Crippen molar-refractivity contribution < 1.29 is 9.53 Å². The number of hydrogen-bond acceptors (Lipinski definition) is 6. The fraction of sp³-hybridized carbons (Fsp3) is 0.375. The molecular formula is C16H17Cl2N5O2. The Balaban J connectivity index is 1.75. The summed E-state index contributed by atoms with van der Waals surface area (Å²) in [6, 6.07) is 5.26. The number of nitrogens with zero attached hydrogens (tertiary/aromatic N) is 4. The number of halogens is 2. The normalized spacial score (nSPS) is 17.1. The zero-order valence-electron chi connectivity index (χ0n) is 13.7. The van der Waals surface area contributed by atoms with Crippen LogP contribution in [0, 0.1) is 5.92 Å². The second-order valence-corrected chi connectivity index (χ2v) is 6.78. The van der Waals surface area contributed by atoms with Crippen molar-refractivity contribution in [1.29, 1.82) is 0 Å². The molecule has 1 aromatic heterocycles. The largest absolute Gasteiger partial charge is 0.447 e. The van der Waals surface area contributed by atoms with Gasteiger partial charge in [-0.1, -0.05) is 43.1 Å². The molecule has 132 valence electrons. The molecule has 1 N–H and O–H groups in total. The van der Waals surface area contributed by atoms with Crippen LogP contribution in [0.25, 0.3) is 0 Å². The molecule has 25 heavy (non-hydrogen) atoms. The number of nitrogens with one attached hydrogen (secondary N) is 1. The number of benzene rings is 1. The molecule has 0 radical (unpaired) electrons. The highest BCUT2D eigenvalue weighted by Gasteiger charge is 2.38. The number of cyclic esters (lactones) is 1. The van der Waals surface area contributed by atoms with Gasteiger partial charge in [0.15, 0.2) is 0 Å². The van der Waals surface area contributed by atoms with E-state index in [1.54, 1.807) is 12.1 Å². The first-order valence-corrected chi connectivity index (χ1v) is 8.54. The van der Waals surface area contributed by atoms with Crippen molar-refractivity contribution in [2.45, 2.75) is 26.4 Å². The van der Waals surface area contributed by atoms with Crippen LogP contribution in [0.15, 0.2) is 24.5 Å². The molecule has 2 heterocycles. The highest BCUT2D eigenvalue weighted by Crippen LogP contribution is 2.25. The molecule has 9 heteroatoms. The van der Waals surface area contributed by atoms with Crippen molar-refractivity contribution in [2.75, 3.05) is 16.8 Å².